The fraction of sp³-hybridized carbons (Fsp3) is 0.714. The molecular formula is C21H35N7O4. The second-order valence-corrected chi connectivity index (χ2v) is 8.45. The normalized spacial score (nSPS) is 26.1. The number of nitrogens with two attached hydrogens (primary N) is 1. The van der Waals surface area contributed by atoms with E-state index < -0.39 is 30.3 Å². The molecule has 11 nitrogen and oxygen atoms in total. The molecule has 0 aliphatic carbocycles. The van der Waals surface area contributed by atoms with Gasteiger partial charge >= 0.3 is 0 Å². The Bertz CT molecular complexity index is 922. The van der Waals surface area contributed by atoms with Crippen molar-refractivity contribution < 1.29 is 19.0 Å². The number of likely N-dealkylation sites (N-methyl/N-ethyl adjacent to an activating group) is 1. The standard InChI is InChI=1S/C15H20N6O4.C6H15N/c1-15(2)24-8-9(13(22)20(3)4)23-14(10(8)25-15)21-6-19-7-11(16)17-5-18-12(7)21;1-4-7(5-2)6-3/h5-6,8-10,14H,1-4H3,(H2,16,17,18);4-6H2,1-3H3/t8-,9+,10-,14-;/m1./s1. The van der Waals surface area contributed by atoms with Gasteiger partial charge in [0.1, 0.15) is 24.1 Å². The minimum Gasteiger partial charge on any atom is -0.382 e. The molecule has 2 saturated heterocycles. The van der Waals surface area contributed by atoms with Crippen molar-refractivity contribution in [2.45, 2.75) is 64.9 Å². The fourth-order valence-electron chi connectivity index (χ4n) is 3.98. The number of nitrogen functional groups attached to an aromatic ring is 1. The summed E-state index contributed by atoms with van der Waals surface area (Å²) >= 11 is 0. The number of aromatic nitrogens is 4. The van der Waals surface area contributed by atoms with Crippen LogP contribution in [0, 0.1) is 0 Å². The van der Waals surface area contributed by atoms with Crippen LogP contribution in [0.4, 0.5) is 5.82 Å². The first-order valence-electron chi connectivity index (χ1n) is 11.0. The molecule has 2 aromatic rings. The van der Waals surface area contributed by atoms with Crippen LogP contribution in [-0.2, 0) is 19.0 Å². The van der Waals surface area contributed by atoms with Crippen LogP contribution in [0.15, 0.2) is 12.7 Å². The van der Waals surface area contributed by atoms with E-state index in [9.17, 15) is 4.79 Å². The van der Waals surface area contributed by atoms with Gasteiger partial charge in [0, 0.05) is 14.1 Å². The minimum absolute atomic E-state index is 0.183. The van der Waals surface area contributed by atoms with Gasteiger partial charge in [-0.05, 0) is 33.5 Å². The van der Waals surface area contributed by atoms with E-state index in [-0.39, 0.29) is 11.7 Å². The molecule has 178 valence electrons. The summed E-state index contributed by atoms with van der Waals surface area (Å²) < 4.78 is 19.7. The van der Waals surface area contributed by atoms with Crippen LogP contribution in [0.5, 0.6) is 0 Å². The third-order valence-electron chi connectivity index (χ3n) is 5.72. The van der Waals surface area contributed by atoms with Gasteiger partial charge in [-0.3, -0.25) is 9.36 Å². The topological polar surface area (TPSA) is 121 Å². The molecule has 0 radical (unpaired) electrons. The maximum absolute atomic E-state index is 12.5. The van der Waals surface area contributed by atoms with E-state index in [1.54, 1.807) is 25.0 Å². The van der Waals surface area contributed by atoms with Gasteiger partial charge in [0.15, 0.2) is 29.6 Å². The number of hydrogen-bond donors (Lipinski definition) is 1. The smallest absolute Gasteiger partial charge is 0.254 e. The number of nitrogens with zero attached hydrogens (tertiary/aromatic N) is 6. The third kappa shape index (κ3) is 4.70. The molecule has 1 amide bonds. The largest absolute Gasteiger partial charge is 0.382 e. The quantitative estimate of drug-likeness (QED) is 0.719. The van der Waals surface area contributed by atoms with E-state index >= 15 is 0 Å². The van der Waals surface area contributed by atoms with Gasteiger partial charge in [-0.1, -0.05) is 20.8 Å². The van der Waals surface area contributed by atoms with E-state index in [1.165, 1.54) is 30.9 Å². The predicted molar refractivity (Wildman–Crippen MR) is 120 cm³/mol. The van der Waals surface area contributed by atoms with Crippen LogP contribution in [0.3, 0.4) is 0 Å². The molecule has 0 unspecified atom stereocenters. The molecule has 0 spiro atoms. The Kier molecular flexibility index (Phi) is 7.33. The maximum atomic E-state index is 12.5. The van der Waals surface area contributed by atoms with E-state index in [1.807, 2.05) is 13.8 Å². The summed E-state index contributed by atoms with van der Waals surface area (Å²) in [4.78, 5) is 28.8. The van der Waals surface area contributed by atoms with Crippen molar-refractivity contribution in [1.82, 2.24) is 29.3 Å². The summed E-state index contributed by atoms with van der Waals surface area (Å²) in [5, 5.41) is 0. The SMILES string of the molecule is CCN(CC)CC.CN(C)C(=O)[C@H]1O[C@@H](n2cnc3c(N)ncnc32)[C@@H]2OC(C)(C)O[C@@H]21. The Morgan fingerprint density at radius 3 is 2.28 bits per heavy atom. The Labute approximate surface area is 188 Å². The van der Waals surface area contributed by atoms with E-state index in [0.29, 0.717) is 11.2 Å². The van der Waals surface area contributed by atoms with Crippen LogP contribution in [0.2, 0.25) is 0 Å². The first-order chi connectivity index (χ1) is 15.1. The molecule has 2 fully saturated rings. The lowest BCUT2D eigenvalue weighted by Crippen LogP contribution is -2.42. The van der Waals surface area contributed by atoms with Crippen LogP contribution < -0.4 is 5.73 Å². The molecular weight excluding hydrogens is 414 g/mol. The monoisotopic (exact) mass is 449 g/mol. The molecule has 2 aromatic heterocycles. The lowest BCUT2D eigenvalue weighted by atomic mass is 10.1. The van der Waals surface area contributed by atoms with E-state index in [0.717, 1.165) is 0 Å². The second kappa shape index (κ2) is 9.65. The summed E-state index contributed by atoms with van der Waals surface area (Å²) in [5.41, 5.74) is 6.84. The zero-order valence-corrected chi connectivity index (χ0v) is 20.0. The molecule has 2 aliphatic rings. The van der Waals surface area contributed by atoms with Crippen molar-refractivity contribution in [1.29, 1.82) is 0 Å². The van der Waals surface area contributed by atoms with Crippen LogP contribution >= 0.6 is 0 Å². The number of imidazole rings is 1. The summed E-state index contributed by atoms with van der Waals surface area (Å²) in [6.45, 7) is 13.7. The number of carbonyl (C=O) groups is 1. The van der Waals surface area contributed by atoms with Gasteiger partial charge in [-0.2, -0.15) is 0 Å². The van der Waals surface area contributed by atoms with Crippen molar-refractivity contribution in [3.63, 3.8) is 0 Å². The number of carbonyl (C=O) groups excluding carboxylic acids is 1. The van der Waals surface area contributed by atoms with Crippen molar-refractivity contribution >= 4 is 22.9 Å². The van der Waals surface area contributed by atoms with E-state index in [2.05, 4.69) is 40.6 Å². The molecule has 0 aromatic carbocycles. The highest BCUT2D eigenvalue weighted by Gasteiger charge is 2.58. The first kappa shape index (κ1) is 24.3. The van der Waals surface area contributed by atoms with Gasteiger partial charge in [-0.15, -0.1) is 0 Å². The molecule has 0 bridgehead atoms. The lowest BCUT2D eigenvalue weighted by molar-refractivity contribution is -0.199. The van der Waals surface area contributed by atoms with Gasteiger partial charge in [-0.25, -0.2) is 15.0 Å². The number of hydrogen-bond acceptors (Lipinski definition) is 9. The number of amides is 1. The number of rotatable bonds is 5. The molecule has 32 heavy (non-hydrogen) atoms. The summed E-state index contributed by atoms with van der Waals surface area (Å²) in [7, 11) is 3.35. The second-order valence-electron chi connectivity index (χ2n) is 8.45. The molecule has 4 atom stereocenters. The zero-order valence-electron chi connectivity index (χ0n) is 20.0. The van der Waals surface area contributed by atoms with Crippen molar-refractivity contribution in [2.75, 3.05) is 39.5 Å². The van der Waals surface area contributed by atoms with Crippen molar-refractivity contribution in [2.24, 2.45) is 0 Å². The average molecular weight is 450 g/mol. The van der Waals surface area contributed by atoms with Gasteiger partial charge < -0.3 is 29.7 Å². The highest BCUT2D eigenvalue weighted by atomic mass is 16.8. The molecule has 11 heteroatoms. The Morgan fingerprint density at radius 1 is 1.09 bits per heavy atom. The van der Waals surface area contributed by atoms with Gasteiger partial charge in [0.05, 0.1) is 6.33 Å². The Hall–Kier alpha value is -2.34. The van der Waals surface area contributed by atoms with Crippen molar-refractivity contribution in [3.05, 3.63) is 12.7 Å². The summed E-state index contributed by atoms with van der Waals surface area (Å²) in [5.74, 6) is -0.715. The summed E-state index contributed by atoms with van der Waals surface area (Å²) in [6.07, 6.45) is 0.544. The maximum Gasteiger partial charge on any atom is 0.254 e. The molecule has 4 rings (SSSR count). The predicted octanol–water partition coefficient (Wildman–Crippen LogP) is 1.26. The zero-order chi connectivity index (χ0) is 23.6. The molecule has 0 saturated carbocycles. The Balaban J connectivity index is 0.000000360. The van der Waals surface area contributed by atoms with Crippen LogP contribution in [-0.4, -0.2) is 93.1 Å². The molecule has 2 N–H and O–H groups in total. The number of anilines is 1. The van der Waals surface area contributed by atoms with Crippen LogP contribution in [0.1, 0.15) is 40.8 Å². The Morgan fingerprint density at radius 2 is 1.72 bits per heavy atom. The number of fused-ring (bicyclic) bond motifs is 2. The van der Waals surface area contributed by atoms with Gasteiger partial charge in [0.25, 0.3) is 5.91 Å². The minimum atomic E-state index is -0.813. The fourth-order valence-corrected chi connectivity index (χ4v) is 3.98. The average Bonchev–Trinajstić information content (AvgIpc) is 3.40. The summed E-state index contributed by atoms with van der Waals surface area (Å²) in [6, 6.07) is 0. The van der Waals surface area contributed by atoms with Crippen molar-refractivity contribution in [3.8, 4) is 0 Å². The number of ether oxygens (including phenoxy) is 3. The first-order valence-corrected chi connectivity index (χ1v) is 11.0. The van der Waals surface area contributed by atoms with Gasteiger partial charge in [0.2, 0.25) is 0 Å². The van der Waals surface area contributed by atoms with E-state index in [4.69, 9.17) is 19.9 Å². The lowest BCUT2D eigenvalue weighted by Gasteiger charge is -2.25. The third-order valence-corrected chi connectivity index (χ3v) is 5.72. The highest BCUT2D eigenvalue weighted by Crippen LogP contribution is 2.44. The van der Waals surface area contributed by atoms with Crippen LogP contribution in [0.25, 0.3) is 11.2 Å². The molecule has 4 heterocycles. The molecule has 2 aliphatic heterocycles. The highest BCUT2D eigenvalue weighted by molar-refractivity contribution is 5.82.